The van der Waals surface area contributed by atoms with Gasteiger partial charge >= 0.3 is 6.18 Å². The molecule has 1 heterocycles. The molecule has 1 aliphatic rings. The minimum Gasteiger partial charge on any atom is -0.314 e. The third-order valence-electron chi connectivity index (χ3n) is 3.53. The second-order valence-electron chi connectivity index (χ2n) is 5.02. The van der Waals surface area contributed by atoms with Crippen LogP contribution in [0.25, 0.3) is 0 Å². The van der Waals surface area contributed by atoms with Crippen molar-refractivity contribution in [3.63, 3.8) is 0 Å². The number of piperidine rings is 1. The van der Waals surface area contributed by atoms with Crippen LogP contribution in [0, 0.1) is 5.92 Å². The summed E-state index contributed by atoms with van der Waals surface area (Å²) in [6.45, 7) is 3.87. The van der Waals surface area contributed by atoms with Gasteiger partial charge in [0.05, 0.1) is 0 Å². The number of rotatable bonds is 6. The Morgan fingerprint density at radius 3 is 2.30 bits per heavy atom. The Kier molecular flexibility index (Phi) is 6.24. The highest BCUT2D eigenvalue weighted by molar-refractivity contribution is 7.87. The Morgan fingerprint density at radius 2 is 1.85 bits per heavy atom. The van der Waals surface area contributed by atoms with Gasteiger partial charge in [-0.25, -0.2) is 0 Å². The monoisotopic (exact) mass is 317 g/mol. The molecule has 9 heteroatoms. The van der Waals surface area contributed by atoms with E-state index in [-0.39, 0.29) is 19.1 Å². The van der Waals surface area contributed by atoms with E-state index in [1.165, 1.54) is 0 Å². The summed E-state index contributed by atoms with van der Waals surface area (Å²) in [5.41, 5.74) is 0. The van der Waals surface area contributed by atoms with Gasteiger partial charge in [-0.2, -0.15) is 30.6 Å². The van der Waals surface area contributed by atoms with E-state index in [0.29, 0.717) is 18.8 Å². The first-order chi connectivity index (χ1) is 9.15. The first kappa shape index (κ1) is 17.7. The van der Waals surface area contributed by atoms with Crippen molar-refractivity contribution in [1.29, 1.82) is 0 Å². The van der Waals surface area contributed by atoms with Crippen molar-refractivity contribution in [2.45, 2.75) is 38.9 Å². The first-order valence-electron chi connectivity index (χ1n) is 6.70. The topological polar surface area (TPSA) is 61.4 Å². The van der Waals surface area contributed by atoms with E-state index in [9.17, 15) is 21.6 Å². The molecule has 1 fully saturated rings. The highest BCUT2D eigenvalue weighted by atomic mass is 32.2. The van der Waals surface area contributed by atoms with Crippen molar-refractivity contribution in [3.8, 4) is 0 Å². The molecule has 0 aliphatic carbocycles. The number of alkyl halides is 3. The molecule has 0 radical (unpaired) electrons. The molecule has 1 rings (SSSR count). The molecule has 120 valence electrons. The fourth-order valence-corrected chi connectivity index (χ4v) is 3.59. The van der Waals surface area contributed by atoms with Crippen LogP contribution in [0.15, 0.2) is 0 Å². The summed E-state index contributed by atoms with van der Waals surface area (Å²) in [7, 11) is -4.04. The van der Waals surface area contributed by atoms with E-state index in [0.717, 1.165) is 10.8 Å². The zero-order chi connectivity index (χ0) is 15.4. The lowest BCUT2D eigenvalue weighted by Gasteiger charge is -2.34. The predicted molar refractivity (Wildman–Crippen MR) is 70.4 cm³/mol. The van der Waals surface area contributed by atoms with E-state index < -0.39 is 22.9 Å². The normalized spacial score (nSPS) is 21.1. The van der Waals surface area contributed by atoms with E-state index in [4.69, 9.17) is 0 Å². The number of nitrogens with one attached hydrogen (secondary N) is 2. The molecule has 0 aromatic rings. The van der Waals surface area contributed by atoms with Gasteiger partial charge in [0, 0.05) is 19.1 Å². The molecule has 0 aromatic carbocycles. The van der Waals surface area contributed by atoms with E-state index in [1.54, 1.807) is 4.72 Å². The fourth-order valence-electron chi connectivity index (χ4n) is 2.37. The van der Waals surface area contributed by atoms with Crippen LogP contribution in [0.5, 0.6) is 0 Å². The Balaban J connectivity index is 2.48. The van der Waals surface area contributed by atoms with Gasteiger partial charge in [-0.15, -0.1) is 0 Å². The van der Waals surface area contributed by atoms with Gasteiger partial charge in [-0.1, -0.05) is 6.92 Å². The molecule has 20 heavy (non-hydrogen) atoms. The van der Waals surface area contributed by atoms with Crippen molar-refractivity contribution in [2.75, 3.05) is 26.2 Å². The Morgan fingerprint density at radius 1 is 1.30 bits per heavy atom. The standard InChI is InChI=1S/C11H22F3N3O2S/c1-3-15-9(2)10-4-6-17(7-5-10)20(18,19)16-8-11(12,13)14/h9-10,15-16H,3-8H2,1-2H3. The van der Waals surface area contributed by atoms with Crippen molar-refractivity contribution in [2.24, 2.45) is 5.92 Å². The van der Waals surface area contributed by atoms with Gasteiger partial charge in [-0.05, 0) is 32.2 Å². The third kappa shape index (κ3) is 5.55. The van der Waals surface area contributed by atoms with Crippen molar-refractivity contribution >= 4 is 10.2 Å². The zero-order valence-electron chi connectivity index (χ0n) is 11.7. The molecule has 0 spiro atoms. The molecular weight excluding hydrogens is 295 g/mol. The van der Waals surface area contributed by atoms with E-state index in [1.807, 2.05) is 13.8 Å². The number of hydrogen-bond donors (Lipinski definition) is 2. The van der Waals surface area contributed by atoms with Crippen LogP contribution in [0.1, 0.15) is 26.7 Å². The van der Waals surface area contributed by atoms with Gasteiger partial charge < -0.3 is 5.32 Å². The number of hydrogen-bond acceptors (Lipinski definition) is 3. The average molecular weight is 317 g/mol. The molecule has 0 bridgehead atoms. The Hall–Kier alpha value is -0.380. The van der Waals surface area contributed by atoms with Crippen molar-refractivity contribution < 1.29 is 21.6 Å². The highest BCUT2D eigenvalue weighted by Gasteiger charge is 2.34. The maximum Gasteiger partial charge on any atom is 0.402 e. The maximum absolute atomic E-state index is 12.1. The largest absolute Gasteiger partial charge is 0.402 e. The maximum atomic E-state index is 12.1. The van der Waals surface area contributed by atoms with E-state index in [2.05, 4.69) is 5.32 Å². The SMILES string of the molecule is CCNC(C)C1CCN(S(=O)(=O)NCC(F)(F)F)CC1. The summed E-state index contributed by atoms with van der Waals surface area (Å²) < 4.78 is 62.3. The second-order valence-corrected chi connectivity index (χ2v) is 6.78. The fraction of sp³-hybridized carbons (Fsp3) is 1.00. The Bertz CT molecular complexity index is 392. The average Bonchev–Trinajstić information content (AvgIpc) is 2.36. The van der Waals surface area contributed by atoms with Gasteiger partial charge in [-0.3, -0.25) is 0 Å². The van der Waals surface area contributed by atoms with Crippen molar-refractivity contribution in [3.05, 3.63) is 0 Å². The highest BCUT2D eigenvalue weighted by Crippen LogP contribution is 2.22. The van der Waals surface area contributed by atoms with Crippen LogP contribution >= 0.6 is 0 Å². The van der Waals surface area contributed by atoms with Gasteiger partial charge in [0.1, 0.15) is 6.54 Å². The first-order valence-corrected chi connectivity index (χ1v) is 8.14. The summed E-state index contributed by atoms with van der Waals surface area (Å²) in [5.74, 6) is 0.351. The predicted octanol–water partition coefficient (Wildman–Crippen LogP) is 1.09. The molecule has 0 amide bonds. The molecular formula is C11H22F3N3O2S. The molecule has 1 atom stereocenters. The van der Waals surface area contributed by atoms with E-state index >= 15 is 0 Å². The lowest BCUT2D eigenvalue weighted by molar-refractivity contribution is -0.121. The lowest BCUT2D eigenvalue weighted by Crippen LogP contribution is -2.49. The van der Waals surface area contributed by atoms with Gasteiger partial charge in [0.15, 0.2) is 0 Å². The summed E-state index contributed by atoms with van der Waals surface area (Å²) in [5, 5.41) is 3.28. The van der Waals surface area contributed by atoms with Crippen LogP contribution in [-0.4, -0.2) is 51.1 Å². The third-order valence-corrected chi connectivity index (χ3v) is 5.08. The lowest BCUT2D eigenvalue weighted by atomic mass is 9.91. The molecule has 1 saturated heterocycles. The molecule has 2 N–H and O–H groups in total. The number of halogens is 3. The smallest absolute Gasteiger partial charge is 0.314 e. The van der Waals surface area contributed by atoms with Crippen molar-refractivity contribution in [1.82, 2.24) is 14.3 Å². The van der Waals surface area contributed by atoms with Crippen LogP contribution in [-0.2, 0) is 10.2 Å². The summed E-state index contributed by atoms with van der Waals surface area (Å²) in [6, 6.07) is 0.285. The van der Waals surface area contributed by atoms with Crippen LogP contribution in [0.3, 0.4) is 0 Å². The zero-order valence-corrected chi connectivity index (χ0v) is 12.5. The minimum absolute atomic E-state index is 0.258. The number of nitrogens with zero attached hydrogens (tertiary/aromatic N) is 1. The van der Waals surface area contributed by atoms with Crippen LogP contribution in [0.4, 0.5) is 13.2 Å². The second kappa shape index (κ2) is 7.06. The summed E-state index contributed by atoms with van der Waals surface area (Å²) in [6.07, 6.45) is -3.23. The molecule has 0 saturated carbocycles. The summed E-state index contributed by atoms with van der Waals surface area (Å²) in [4.78, 5) is 0. The molecule has 5 nitrogen and oxygen atoms in total. The summed E-state index contributed by atoms with van der Waals surface area (Å²) >= 11 is 0. The van der Waals surface area contributed by atoms with Gasteiger partial charge in [0.25, 0.3) is 10.2 Å². The van der Waals surface area contributed by atoms with Crippen LogP contribution < -0.4 is 10.0 Å². The Labute approximate surface area is 118 Å². The molecule has 1 aliphatic heterocycles. The molecule has 0 aromatic heterocycles. The van der Waals surface area contributed by atoms with Crippen LogP contribution in [0.2, 0.25) is 0 Å². The quantitative estimate of drug-likeness (QED) is 0.771. The molecule has 1 unspecified atom stereocenters. The van der Waals surface area contributed by atoms with Gasteiger partial charge in [0.2, 0.25) is 0 Å². The minimum atomic E-state index is -4.54.